The lowest BCUT2D eigenvalue weighted by atomic mass is 10.00. The van der Waals surface area contributed by atoms with Gasteiger partial charge in [0.2, 0.25) is 0 Å². The van der Waals surface area contributed by atoms with Gasteiger partial charge in [-0.2, -0.15) is 0 Å². The summed E-state index contributed by atoms with van der Waals surface area (Å²) in [4.78, 5) is 2.19. The van der Waals surface area contributed by atoms with Crippen LogP contribution in [0.1, 0.15) is 39.3 Å². The molecule has 96 valence electrons. The van der Waals surface area contributed by atoms with Gasteiger partial charge in [-0.25, -0.2) is 4.39 Å². The van der Waals surface area contributed by atoms with Crippen LogP contribution in [0.3, 0.4) is 0 Å². The van der Waals surface area contributed by atoms with Gasteiger partial charge in [0, 0.05) is 23.7 Å². The zero-order valence-corrected chi connectivity index (χ0v) is 11.2. The predicted molar refractivity (Wildman–Crippen MR) is 68.5 cm³/mol. The van der Waals surface area contributed by atoms with Crippen molar-refractivity contribution in [1.82, 2.24) is 4.90 Å². The molecule has 2 unspecified atom stereocenters. The highest BCUT2D eigenvalue weighted by molar-refractivity contribution is 5.35. The number of phenols is 1. The Hall–Kier alpha value is -1.09. The van der Waals surface area contributed by atoms with Crippen LogP contribution in [0.4, 0.5) is 4.39 Å². The summed E-state index contributed by atoms with van der Waals surface area (Å²) >= 11 is 0. The molecule has 0 fully saturated rings. The van der Waals surface area contributed by atoms with Crippen LogP contribution < -0.4 is 0 Å². The molecule has 0 amide bonds. The van der Waals surface area contributed by atoms with Gasteiger partial charge in [-0.3, -0.25) is 4.90 Å². The number of halogens is 1. The Morgan fingerprint density at radius 1 is 1.18 bits per heavy atom. The molecule has 1 aromatic rings. The maximum absolute atomic E-state index is 12.9. The van der Waals surface area contributed by atoms with Crippen LogP contribution >= 0.6 is 0 Å². The van der Waals surface area contributed by atoms with Crippen molar-refractivity contribution in [3.05, 3.63) is 29.6 Å². The van der Waals surface area contributed by atoms with E-state index >= 15 is 0 Å². The first kappa shape index (κ1) is 14.0. The normalized spacial score (nSPS) is 15.3. The molecule has 0 aliphatic heterocycles. The van der Waals surface area contributed by atoms with Crippen LogP contribution in [-0.2, 0) is 0 Å². The molecule has 0 aromatic heterocycles. The maximum Gasteiger partial charge on any atom is 0.126 e. The first-order valence-electron chi connectivity index (χ1n) is 6.05. The van der Waals surface area contributed by atoms with E-state index in [2.05, 4.69) is 25.7 Å². The molecular weight excluding hydrogens is 217 g/mol. The van der Waals surface area contributed by atoms with Crippen LogP contribution in [0.25, 0.3) is 0 Å². The summed E-state index contributed by atoms with van der Waals surface area (Å²) in [7, 11) is 2.03. The number of phenolic OH excluding ortho intramolecular Hbond substituents is 1. The van der Waals surface area contributed by atoms with Gasteiger partial charge in [0.15, 0.2) is 0 Å². The molecule has 0 spiro atoms. The smallest absolute Gasteiger partial charge is 0.126 e. The monoisotopic (exact) mass is 239 g/mol. The van der Waals surface area contributed by atoms with Crippen LogP contribution in [-0.4, -0.2) is 23.1 Å². The molecule has 0 bridgehead atoms. The summed E-state index contributed by atoms with van der Waals surface area (Å²) in [5.74, 6) is 0.156. The Labute approximate surface area is 103 Å². The second-order valence-corrected chi connectivity index (χ2v) is 5.03. The van der Waals surface area contributed by atoms with E-state index in [0.717, 1.165) is 5.56 Å². The van der Waals surface area contributed by atoms with E-state index in [-0.39, 0.29) is 11.8 Å². The van der Waals surface area contributed by atoms with Crippen molar-refractivity contribution in [2.24, 2.45) is 5.92 Å². The molecule has 0 radical (unpaired) electrons. The van der Waals surface area contributed by atoms with E-state index in [4.69, 9.17) is 0 Å². The molecule has 3 heteroatoms. The third kappa shape index (κ3) is 3.19. The van der Waals surface area contributed by atoms with Crippen molar-refractivity contribution >= 4 is 0 Å². The highest BCUT2D eigenvalue weighted by atomic mass is 19.1. The van der Waals surface area contributed by atoms with Gasteiger partial charge >= 0.3 is 0 Å². The van der Waals surface area contributed by atoms with E-state index in [0.29, 0.717) is 12.0 Å². The third-order valence-electron chi connectivity index (χ3n) is 3.66. The molecule has 1 rings (SSSR count). The summed E-state index contributed by atoms with van der Waals surface area (Å²) < 4.78 is 12.9. The van der Waals surface area contributed by atoms with Crippen molar-refractivity contribution in [2.75, 3.05) is 7.05 Å². The Bertz CT molecular complexity index is 378. The zero-order chi connectivity index (χ0) is 13.2. The van der Waals surface area contributed by atoms with Gasteiger partial charge in [-0.1, -0.05) is 19.9 Å². The first-order valence-corrected chi connectivity index (χ1v) is 6.05. The lowest BCUT2D eigenvalue weighted by molar-refractivity contribution is 0.156. The quantitative estimate of drug-likeness (QED) is 0.868. The lowest BCUT2D eigenvalue weighted by Gasteiger charge is -2.33. The summed E-state index contributed by atoms with van der Waals surface area (Å²) in [6, 6.07) is 4.67. The molecule has 1 N–H and O–H groups in total. The van der Waals surface area contributed by atoms with Gasteiger partial charge in [0.25, 0.3) is 0 Å². The Morgan fingerprint density at radius 3 is 2.24 bits per heavy atom. The number of nitrogens with zero attached hydrogens (tertiary/aromatic N) is 1. The van der Waals surface area contributed by atoms with Gasteiger partial charge in [-0.05, 0) is 32.9 Å². The molecular formula is C14H22FNO. The molecule has 1 aromatic carbocycles. The molecule has 0 aliphatic rings. The van der Waals surface area contributed by atoms with E-state index in [1.165, 1.54) is 12.1 Å². The zero-order valence-electron chi connectivity index (χ0n) is 11.2. The van der Waals surface area contributed by atoms with Crippen molar-refractivity contribution < 1.29 is 9.50 Å². The third-order valence-corrected chi connectivity index (χ3v) is 3.66. The van der Waals surface area contributed by atoms with Gasteiger partial charge in [0.1, 0.15) is 11.6 Å². The summed E-state index contributed by atoms with van der Waals surface area (Å²) in [6.45, 7) is 8.50. The van der Waals surface area contributed by atoms with Gasteiger partial charge < -0.3 is 5.11 Å². The van der Waals surface area contributed by atoms with Crippen molar-refractivity contribution in [1.29, 1.82) is 0 Å². The molecule has 2 atom stereocenters. The fourth-order valence-corrected chi connectivity index (χ4v) is 1.91. The van der Waals surface area contributed by atoms with Gasteiger partial charge in [-0.15, -0.1) is 0 Å². The predicted octanol–water partition coefficient (Wildman–Crippen LogP) is 3.57. The molecule has 0 aliphatic carbocycles. The molecule has 2 nitrogen and oxygen atoms in total. The van der Waals surface area contributed by atoms with Crippen molar-refractivity contribution in [2.45, 2.75) is 39.8 Å². The number of aromatic hydroxyl groups is 1. The highest BCUT2D eigenvalue weighted by Crippen LogP contribution is 2.30. The minimum absolute atomic E-state index is 0.0281. The van der Waals surface area contributed by atoms with E-state index < -0.39 is 5.82 Å². The number of hydrogen-bond donors (Lipinski definition) is 1. The van der Waals surface area contributed by atoms with Gasteiger partial charge in [0.05, 0.1) is 0 Å². The second-order valence-electron chi connectivity index (χ2n) is 5.03. The minimum atomic E-state index is -0.405. The highest BCUT2D eigenvalue weighted by Gasteiger charge is 2.21. The minimum Gasteiger partial charge on any atom is -0.508 e. The fraction of sp³-hybridized carbons (Fsp3) is 0.571. The molecule has 0 saturated carbocycles. The average molecular weight is 239 g/mol. The Balaban J connectivity index is 2.92. The molecule has 0 saturated heterocycles. The second kappa shape index (κ2) is 5.50. The molecule has 17 heavy (non-hydrogen) atoms. The first-order chi connectivity index (χ1) is 7.84. The summed E-state index contributed by atoms with van der Waals surface area (Å²) in [6.07, 6.45) is 0. The number of hydrogen-bond acceptors (Lipinski definition) is 2. The lowest BCUT2D eigenvalue weighted by Crippen LogP contribution is -2.35. The van der Waals surface area contributed by atoms with Crippen molar-refractivity contribution in [3.63, 3.8) is 0 Å². The largest absolute Gasteiger partial charge is 0.508 e. The summed E-state index contributed by atoms with van der Waals surface area (Å²) in [5.41, 5.74) is 0.765. The van der Waals surface area contributed by atoms with E-state index in [9.17, 15) is 9.50 Å². The average Bonchev–Trinajstić information content (AvgIpc) is 2.26. The van der Waals surface area contributed by atoms with Crippen molar-refractivity contribution in [3.8, 4) is 5.75 Å². The van der Waals surface area contributed by atoms with Crippen LogP contribution in [0.15, 0.2) is 18.2 Å². The number of rotatable bonds is 4. The fourth-order valence-electron chi connectivity index (χ4n) is 1.91. The van der Waals surface area contributed by atoms with E-state index in [1.54, 1.807) is 6.07 Å². The van der Waals surface area contributed by atoms with E-state index in [1.807, 2.05) is 14.0 Å². The standard InChI is InChI=1S/C14H22FNO/c1-9(2)10(3)16(5)11(4)13-7-6-12(15)8-14(13)17/h6-11,17H,1-5H3. The van der Waals surface area contributed by atoms with Crippen LogP contribution in [0.2, 0.25) is 0 Å². The summed E-state index contributed by atoms with van der Waals surface area (Å²) in [5, 5.41) is 9.76. The maximum atomic E-state index is 12.9. The molecule has 0 heterocycles. The SMILES string of the molecule is CC(C)C(C)N(C)C(C)c1ccc(F)cc1O. The Morgan fingerprint density at radius 2 is 1.76 bits per heavy atom. The van der Waals surface area contributed by atoms with Crippen LogP contribution in [0.5, 0.6) is 5.75 Å². The topological polar surface area (TPSA) is 23.5 Å². The van der Waals surface area contributed by atoms with Crippen LogP contribution in [0, 0.1) is 11.7 Å². The Kier molecular flexibility index (Phi) is 4.52. The number of benzene rings is 1.